The van der Waals surface area contributed by atoms with Crippen LogP contribution in [0.1, 0.15) is 5.56 Å². The van der Waals surface area contributed by atoms with Gasteiger partial charge in [-0.15, -0.1) is 0 Å². The van der Waals surface area contributed by atoms with E-state index in [9.17, 15) is 4.39 Å². The Morgan fingerprint density at radius 3 is 2.67 bits per heavy atom. The molecule has 0 spiro atoms. The predicted octanol–water partition coefficient (Wildman–Crippen LogP) is 4.55. The Morgan fingerprint density at radius 1 is 1.10 bits per heavy atom. The second kappa shape index (κ2) is 5.41. The third kappa shape index (κ3) is 2.61. The van der Waals surface area contributed by atoms with Gasteiger partial charge in [0.25, 0.3) is 0 Å². The second-order valence-corrected chi connectivity index (χ2v) is 5.71. The van der Waals surface area contributed by atoms with E-state index in [1.807, 2.05) is 25.1 Å². The molecule has 106 valence electrons. The van der Waals surface area contributed by atoms with Gasteiger partial charge in [-0.1, -0.05) is 27.6 Å². The lowest BCUT2D eigenvalue weighted by atomic mass is 10.1. The zero-order valence-electron chi connectivity index (χ0n) is 11.6. The van der Waals surface area contributed by atoms with E-state index in [2.05, 4.69) is 31.2 Å². The largest absolute Gasteiger partial charge is 0.373 e. The highest BCUT2D eigenvalue weighted by atomic mass is 79.9. The first-order valence-electron chi connectivity index (χ1n) is 6.50. The summed E-state index contributed by atoms with van der Waals surface area (Å²) in [6, 6.07) is 10.7. The Hall–Kier alpha value is -2.01. The minimum Gasteiger partial charge on any atom is -0.373 e. The van der Waals surface area contributed by atoms with E-state index in [1.54, 1.807) is 19.2 Å². The van der Waals surface area contributed by atoms with Crippen molar-refractivity contribution in [3.8, 4) is 11.4 Å². The van der Waals surface area contributed by atoms with Crippen molar-refractivity contribution in [3.05, 3.63) is 52.3 Å². The van der Waals surface area contributed by atoms with Crippen molar-refractivity contribution in [3.63, 3.8) is 0 Å². The standard InChI is InChI=1S/C16H13BrFN3/c1-9-3-5-13(18)11(7-9)16-20-14-6-4-10(17)8-12(14)15(19-2)21-16/h3-8H,1-2H3,(H,19,20,21). The third-order valence-corrected chi connectivity index (χ3v) is 3.75. The minimum absolute atomic E-state index is 0.320. The number of benzene rings is 2. The maximum Gasteiger partial charge on any atom is 0.165 e. The van der Waals surface area contributed by atoms with Gasteiger partial charge in [0.2, 0.25) is 0 Å². The maximum atomic E-state index is 14.0. The molecule has 1 aromatic heterocycles. The first kappa shape index (κ1) is 13.9. The molecule has 2 aromatic carbocycles. The zero-order valence-corrected chi connectivity index (χ0v) is 13.2. The third-order valence-electron chi connectivity index (χ3n) is 3.26. The summed E-state index contributed by atoms with van der Waals surface area (Å²) in [5, 5.41) is 3.94. The molecule has 0 aliphatic carbocycles. The number of aryl methyl sites for hydroxylation is 1. The summed E-state index contributed by atoms with van der Waals surface area (Å²) in [5.74, 6) is 0.742. The molecular formula is C16H13BrFN3. The minimum atomic E-state index is -0.320. The summed E-state index contributed by atoms with van der Waals surface area (Å²) < 4.78 is 15.0. The fourth-order valence-corrected chi connectivity index (χ4v) is 2.58. The number of aromatic nitrogens is 2. The molecule has 0 fully saturated rings. The van der Waals surface area contributed by atoms with E-state index in [0.717, 1.165) is 20.9 Å². The Kier molecular flexibility index (Phi) is 3.59. The fourth-order valence-electron chi connectivity index (χ4n) is 2.22. The highest BCUT2D eigenvalue weighted by Gasteiger charge is 2.12. The quantitative estimate of drug-likeness (QED) is 0.740. The lowest BCUT2D eigenvalue weighted by Gasteiger charge is -2.09. The number of hydrogen-bond donors (Lipinski definition) is 1. The van der Waals surface area contributed by atoms with E-state index in [0.29, 0.717) is 17.2 Å². The molecule has 0 bridgehead atoms. The first-order chi connectivity index (χ1) is 10.1. The number of halogens is 2. The van der Waals surface area contributed by atoms with Gasteiger partial charge >= 0.3 is 0 Å². The van der Waals surface area contributed by atoms with Crippen molar-refractivity contribution >= 4 is 32.7 Å². The Morgan fingerprint density at radius 2 is 1.90 bits per heavy atom. The fraction of sp³-hybridized carbons (Fsp3) is 0.125. The van der Waals surface area contributed by atoms with Gasteiger partial charge < -0.3 is 5.32 Å². The van der Waals surface area contributed by atoms with Crippen molar-refractivity contribution in [2.45, 2.75) is 6.92 Å². The number of hydrogen-bond acceptors (Lipinski definition) is 3. The highest BCUT2D eigenvalue weighted by molar-refractivity contribution is 9.10. The van der Waals surface area contributed by atoms with Crippen LogP contribution < -0.4 is 5.32 Å². The van der Waals surface area contributed by atoms with E-state index in [1.165, 1.54) is 6.07 Å². The number of nitrogens with zero attached hydrogens (tertiary/aromatic N) is 2. The molecule has 5 heteroatoms. The van der Waals surface area contributed by atoms with Gasteiger partial charge in [0.05, 0.1) is 11.1 Å². The average Bonchev–Trinajstić information content (AvgIpc) is 2.48. The molecule has 0 aliphatic rings. The van der Waals surface area contributed by atoms with Gasteiger partial charge in [-0.2, -0.15) is 0 Å². The van der Waals surface area contributed by atoms with Crippen molar-refractivity contribution in [2.24, 2.45) is 0 Å². The van der Waals surface area contributed by atoms with Crippen LogP contribution >= 0.6 is 15.9 Å². The van der Waals surface area contributed by atoms with Gasteiger partial charge in [0.15, 0.2) is 5.82 Å². The lowest BCUT2D eigenvalue weighted by molar-refractivity contribution is 0.629. The summed E-state index contributed by atoms with van der Waals surface area (Å²) in [5.41, 5.74) is 2.15. The van der Waals surface area contributed by atoms with E-state index < -0.39 is 0 Å². The van der Waals surface area contributed by atoms with Gasteiger partial charge in [-0.25, -0.2) is 14.4 Å². The molecular weight excluding hydrogens is 333 g/mol. The average molecular weight is 346 g/mol. The van der Waals surface area contributed by atoms with Crippen LogP contribution in [0.25, 0.3) is 22.3 Å². The Bertz CT molecular complexity index is 833. The lowest BCUT2D eigenvalue weighted by Crippen LogP contribution is -2.00. The molecule has 3 aromatic rings. The van der Waals surface area contributed by atoms with E-state index in [-0.39, 0.29) is 5.82 Å². The van der Waals surface area contributed by atoms with Gasteiger partial charge in [0.1, 0.15) is 11.6 Å². The van der Waals surface area contributed by atoms with Crippen LogP contribution in [0.15, 0.2) is 40.9 Å². The van der Waals surface area contributed by atoms with Crippen LogP contribution in [0.5, 0.6) is 0 Å². The van der Waals surface area contributed by atoms with Crippen LogP contribution in [-0.4, -0.2) is 17.0 Å². The summed E-state index contributed by atoms with van der Waals surface area (Å²) in [4.78, 5) is 8.93. The van der Waals surface area contributed by atoms with Crippen molar-refractivity contribution < 1.29 is 4.39 Å². The molecule has 0 amide bonds. The van der Waals surface area contributed by atoms with Crippen LogP contribution in [0, 0.1) is 12.7 Å². The van der Waals surface area contributed by atoms with Crippen LogP contribution in [0.3, 0.4) is 0 Å². The highest BCUT2D eigenvalue weighted by Crippen LogP contribution is 2.28. The van der Waals surface area contributed by atoms with Crippen molar-refractivity contribution in [2.75, 3.05) is 12.4 Å². The molecule has 3 nitrogen and oxygen atoms in total. The summed E-state index contributed by atoms with van der Waals surface area (Å²) >= 11 is 3.44. The molecule has 0 atom stereocenters. The molecule has 0 radical (unpaired) electrons. The molecule has 0 saturated carbocycles. The summed E-state index contributed by atoms with van der Waals surface area (Å²) in [6.07, 6.45) is 0. The van der Waals surface area contributed by atoms with Crippen LogP contribution in [0.2, 0.25) is 0 Å². The van der Waals surface area contributed by atoms with Crippen molar-refractivity contribution in [1.82, 2.24) is 9.97 Å². The molecule has 1 N–H and O–H groups in total. The molecule has 3 rings (SSSR count). The Balaban J connectivity index is 2.29. The SMILES string of the molecule is CNc1nc(-c2cc(C)ccc2F)nc2ccc(Br)cc12. The normalized spacial score (nSPS) is 10.9. The first-order valence-corrected chi connectivity index (χ1v) is 7.29. The summed E-state index contributed by atoms with van der Waals surface area (Å²) in [6.45, 7) is 1.92. The number of rotatable bonds is 2. The monoisotopic (exact) mass is 345 g/mol. The number of anilines is 1. The Labute approximate surface area is 130 Å². The smallest absolute Gasteiger partial charge is 0.165 e. The van der Waals surface area contributed by atoms with Gasteiger partial charge in [-0.3, -0.25) is 0 Å². The van der Waals surface area contributed by atoms with Gasteiger partial charge in [0, 0.05) is 16.9 Å². The molecule has 21 heavy (non-hydrogen) atoms. The van der Waals surface area contributed by atoms with E-state index in [4.69, 9.17) is 0 Å². The predicted molar refractivity (Wildman–Crippen MR) is 86.9 cm³/mol. The maximum absolute atomic E-state index is 14.0. The summed E-state index contributed by atoms with van der Waals surface area (Å²) in [7, 11) is 1.79. The van der Waals surface area contributed by atoms with Crippen LogP contribution in [-0.2, 0) is 0 Å². The van der Waals surface area contributed by atoms with Crippen LogP contribution in [0.4, 0.5) is 10.2 Å². The number of nitrogens with one attached hydrogen (secondary N) is 1. The second-order valence-electron chi connectivity index (χ2n) is 4.79. The number of fused-ring (bicyclic) bond motifs is 1. The van der Waals surface area contributed by atoms with Crippen molar-refractivity contribution in [1.29, 1.82) is 0 Å². The molecule has 0 aliphatic heterocycles. The van der Waals surface area contributed by atoms with Gasteiger partial charge in [-0.05, 0) is 37.3 Å². The molecule has 0 saturated heterocycles. The van der Waals surface area contributed by atoms with E-state index >= 15 is 0 Å². The topological polar surface area (TPSA) is 37.8 Å². The zero-order chi connectivity index (χ0) is 15.0. The molecule has 1 heterocycles. The molecule has 0 unspecified atom stereocenters.